The standard InChI is InChI=1S/C12H15NO6/c1-5-6-3-4-7(13(5)12(18)19-2)9(11(16)17)8(6)10(14)15/h3-9H,1-2H3,(H,14,15)(H,16,17)/t5?,6?,7?,8-,9+/m0/s1. The van der Waals surface area contributed by atoms with Crippen LogP contribution >= 0.6 is 0 Å². The van der Waals surface area contributed by atoms with Gasteiger partial charge in [0.2, 0.25) is 0 Å². The molecule has 1 amide bonds. The highest BCUT2D eigenvalue weighted by atomic mass is 16.5. The molecular weight excluding hydrogens is 254 g/mol. The summed E-state index contributed by atoms with van der Waals surface area (Å²) in [5, 5.41) is 18.5. The van der Waals surface area contributed by atoms with Gasteiger partial charge in [-0.1, -0.05) is 12.2 Å². The van der Waals surface area contributed by atoms with Gasteiger partial charge in [-0.05, 0) is 6.92 Å². The maximum atomic E-state index is 11.7. The van der Waals surface area contributed by atoms with Crippen molar-refractivity contribution in [2.24, 2.45) is 17.8 Å². The zero-order chi connectivity index (χ0) is 14.3. The van der Waals surface area contributed by atoms with Gasteiger partial charge in [0.25, 0.3) is 0 Å². The van der Waals surface area contributed by atoms with Gasteiger partial charge in [-0.15, -0.1) is 0 Å². The lowest BCUT2D eigenvalue weighted by Gasteiger charge is -2.51. The highest BCUT2D eigenvalue weighted by molar-refractivity contribution is 5.84. The molecule has 0 aromatic carbocycles. The van der Waals surface area contributed by atoms with Crippen LogP contribution in [0.2, 0.25) is 0 Å². The second-order valence-corrected chi connectivity index (χ2v) is 4.80. The number of carboxylic acids is 2. The molecule has 2 heterocycles. The number of ether oxygens (including phenoxy) is 1. The van der Waals surface area contributed by atoms with E-state index in [4.69, 9.17) is 0 Å². The molecule has 1 aliphatic carbocycles. The van der Waals surface area contributed by atoms with Crippen LogP contribution in [0, 0.1) is 17.8 Å². The summed E-state index contributed by atoms with van der Waals surface area (Å²) in [5.41, 5.74) is 0. The van der Waals surface area contributed by atoms with Gasteiger partial charge in [-0.2, -0.15) is 0 Å². The zero-order valence-electron chi connectivity index (χ0n) is 10.5. The summed E-state index contributed by atoms with van der Waals surface area (Å²) in [7, 11) is 1.21. The normalized spacial score (nSPS) is 36.1. The third-order valence-corrected chi connectivity index (χ3v) is 3.97. The lowest BCUT2D eigenvalue weighted by atomic mass is 9.66. The molecule has 19 heavy (non-hydrogen) atoms. The maximum Gasteiger partial charge on any atom is 0.410 e. The molecule has 7 heteroatoms. The van der Waals surface area contributed by atoms with Gasteiger partial charge in [-0.25, -0.2) is 4.79 Å². The minimum Gasteiger partial charge on any atom is -0.481 e. The molecule has 104 valence electrons. The number of methoxy groups -OCH3 is 1. The smallest absolute Gasteiger partial charge is 0.410 e. The van der Waals surface area contributed by atoms with Gasteiger partial charge in [0.1, 0.15) is 0 Å². The van der Waals surface area contributed by atoms with Crippen LogP contribution in [0.4, 0.5) is 4.79 Å². The van der Waals surface area contributed by atoms with Crippen LogP contribution in [-0.4, -0.2) is 52.3 Å². The molecule has 1 saturated heterocycles. The molecule has 0 radical (unpaired) electrons. The van der Waals surface area contributed by atoms with Crippen molar-refractivity contribution in [1.82, 2.24) is 4.90 Å². The lowest BCUT2D eigenvalue weighted by Crippen LogP contribution is -2.64. The Balaban J connectivity index is 2.45. The summed E-state index contributed by atoms with van der Waals surface area (Å²) in [4.78, 5) is 35.7. The number of hydrogen-bond acceptors (Lipinski definition) is 4. The van der Waals surface area contributed by atoms with Gasteiger partial charge >= 0.3 is 18.0 Å². The van der Waals surface area contributed by atoms with E-state index in [9.17, 15) is 24.6 Å². The fourth-order valence-electron chi connectivity index (χ4n) is 3.13. The minimum atomic E-state index is -1.22. The molecule has 2 N–H and O–H groups in total. The second-order valence-electron chi connectivity index (χ2n) is 4.80. The predicted molar refractivity (Wildman–Crippen MR) is 62.4 cm³/mol. The number of fused-ring (bicyclic) bond motifs is 2. The Morgan fingerprint density at radius 2 is 1.68 bits per heavy atom. The van der Waals surface area contributed by atoms with Gasteiger partial charge in [-0.3, -0.25) is 14.5 Å². The van der Waals surface area contributed by atoms with E-state index in [2.05, 4.69) is 4.74 Å². The van der Waals surface area contributed by atoms with Crippen LogP contribution in [-0.2, 0) is 14.3 Å². The fraction of sp³-hybridized carbons (Fsp3) is 0.583. The molecule has 7 nitrogen and oxygen atoms in total. The molecule has 3 rings (SSSR count). The van der Waals surface area contributed by atoms with Crippen molar-refractivity contribution in [3.8, 4) is 0 Å². The van der Waals surface area contributed by atoms with Crippen LogP contribution in [0.3, 0.4) is 0 Å². The molecule has 5 atom stereocenters. The van der Waals surface area contributed by atoms with Crippen LogP contribution < -0.4 is 0 Å². The molecule has 0 aromatic rings. The van der Waals surface area contributed by atoms with Crippen LogP contribution in [0.5, 0.6) is 0 Å². The van der Waals surface area contributed by atoms with Crippen molar-refractivity contribution < 1.29 is 29.3 Å². The van der Waals surface area contributed by atoms with Crippen LogP contribution in [0.15, 0.2) is 12.2 Å². The number of carboxylic acid groups (broad SMARTS) is 2. The highest BCUT2D eigenvalue weighted by Crippen LogP contribution is 2.43. The van der Waals surface area contributed by atoms with E-state index >= 15 is 0 Å². The summed E-state index contributed by atoms with van der Waals surface area (Å²) in [6.07, 6.45) is 2.63. The van der Waals surface area contributed by atoms with E-state index in [1.165, 1.54) is 12.0 Å². The van der Waals surface area contributed by atoms with Crippen molar-refractivity contribution >= 4 is 18.0 Å². The first kappa shape index (κ1) is 13.4. The largest absolute Gasteiger partial charge is 0.481 e. The second kappa shape index (κ2) is 4.56. The molecule has 2 aliphatic heterocycles. The van der Waals surface area contributed by atoms with Gasteiger partial charge in [0.15, 0.2) is 0 Å². The molecule has 1 fully saturated rings. The molecule has 0 spiro atoms. The van der Waals surface area contributed by atoms with E-state index in [0.29, 0.717) is 0 Å². The van der Waals surface area contributed by atoms with E-state index in [-0.39, 0.29) is 0 Å². The van der Waals surface area contributed by atoms with Gasteiger partial charge < -0.3 is 14.9 Å². The lowest BCUT2D eigenvalue weighted by molar-refractivity contribution is -0.164. The van der Waals surface area contributed by atoms with Crippen molar-refractivity contribution in [2.45, 2.75) is 19.0 Å². The van der Waals surface area contributed by atoms with Crippen molar-refractivity contribution in [3.05, 3.63) is 12.2 Å². The van der Waals surface area contributed by atoms with Gasteiger partial charge in [0.05, 0.1) is 25.0 Å². The molecular formula is C12H15NO6. The number of aliphatic carboxylic acids is 2. The first-order chi connectivity index (χ1) is 8.90. The SMILES string of the molecule is COC(=O)N1C(C)C2C=CC1[C@@H](C(=O)O)[C@H]2C(=O)O. The van der Waals surface area contributed by atoms with Crippen molar-refractivity contribution in [1.29, 1.82) is 0 Å². The van der Waals surface area contributed by atoms with E-state index in [1.54, 1.807) is 19.1 Å². The summed E-state index contributed by atoms with van der Waals surface area (Å²) < 4.78 is 4.65. The Kier molecular flexibility index (Phi) is 3.21. The van der Waals surface area contributed by atoms with E-state index < -0.39 is 47.9 Å². The number of piperidine rings is 1. The van der Waals surface area contributed by atoms with E-state index in [1.807, 2.05) is 0 Å². The minimum absolute atomic E-state index is 0.404. The number of carbonyl (C=O) groups is 3. The Morgan fingerprint density at radius 3 is 2.16 bits per heavy atom. The maximum absolute atomic E-state index is 11.7. The molecule has 3 unspecified atom stereocenters. The number of amides is 1. The van der Waals surface area contributed by atoms with Gasteiger partial charge in [0, 0.05) is 12.0 Å². The quantitative estimate of drug-likeness (QED) is 0.704. The van der Waals surface area contributed by atoms with E-state index in [0.717, 1.165) is 0 Å². The number of hydrogen-bond donors (Lipinski definition) is 2. The number of rotatable bonds is 2. The topological polar surface area (TPSA) is 104 Å². The Bertz CT molecular complexity index is 459. The Morgan fingerprint density at radius 1 is 1.11 bits per heavy atom. The predicted octanol–water partition coefficient (Wildman–Crippen LogP) is 0.413. The first-order valence-electron chi connectivity index (χ1n) is 5.90. The molecule has 0 saturated carbocycles. The summed E-state index contributed by atoms with van der Waals surface area (Å²) in [6, 6.07) is -1.19. The summed E-state index contributed by atoms with van der Waals surface area (Å²) >= 11 is 0. The first-order valence-corrected chi connectivity index (χ1v) is 5.90. The molecule has 2 bridgehead atoms. The average Bonchev–Trinajstić information content (AvgIpc) is 2.37. The monoisotopic (exact) mass is 269 g/mol. The van der Waals surface area contributed by atoms with Crippen LogP contribution in [0.25, 0.3) is 0 Å². The summed E-state index contributed by atoms with van der Waals surface area (Å²) in [6.45, 7) is 1.70. The fourth-order valence-corrected chi connectivity index (χ4v) is 3.13. The molecule has 0 aromatic heterocycles. The molecule has 3 aliphatic rings. The Labute approximate surface area is 109 Å². The van der Waals surface area contributed by atoms with Crippen LogP contribution in [0.1, 0.15) is 6.92 Å². The summed E-state index contributed by atoms with van der Waals surface area (Å²) in [5.74, 6) is -5.07. The Hall–Kier alpha value is -2.05. The third kappa shape index (κ3) is 1.85. The van der Waals surface area contributed by atoms with Crippen molar-refractivity contribution in [3.63, 3.8) is 0 Å². The van der Waals surface area contributed by atoms with Crippen molar-refractivity contribution in [2.75, 3.05) is 7.11 Å². The third-order valence-electron chi connectivity index (χ3n) is 3.97. The highest BCUT2D eigenvalue weighted by Gasteiger charge is 2.56. The number of carbonyl (C=O) groups excluding carboxylic acids is 1. The zero-order valence-corrected chi connectivity index (χ0v) is 10.5. The number of nitrogens with zero attached hydrogens (tertiary/aromatic N) is 1. The average molecular weight is 269 g/mol.